The zero-order chi connectivity index (χ0) is 14.5. The fraction of sp³-hybridized carbons (Fsp3) is 0.846. The summed E-state index contributed by atoms with van der Waals surface area (Å²) in [5.41, 5.74) is -0.744. The Morgan fingerprint density at radius 1 is 1.37 bits per heavy atom. The third-order valence-corrected chi connectivity index (χ3v) is 3.68. The van der Waals surface area contributed by atoms with Crippen LogP contribution in [0.3, 0.4) is 0 Å². The first-order valence-corrected chi connectivity index (χ1v) is 6.75. The molecule has 0 spiro atoms. The van der Waals surface area contributed by atoms with Gasteiger partial charge in [-0.1, -0.05) is 6.92 Å². The van der Waals surface area contributed by atoms with Crippen molar-refractivity contribution in [2.75, 3.05) is 13.1 Å². The van der Waals surface area contributed by atoms with E-state index in [-0.39, 0.29) is 12.5 Å². The molecule has 19 heavy (non-hydrogen) atoms. The zero-order valence-corrected chi connectivity index (χ0v) is 11.6. The minimum atomic E-state index is -1.08. The van der Waals surface area contributed by atoms with Crippen molar-refractivity contribution in [3.8, 4) is 0 Å². The first kappa shape index (κ1) is 15.9. The molecule has 1 aliphatic rings. The van der Waals surface area contributed by atoms with E-state index in [0.717, 1.165) is 25.7 Å². The average molecular weight is 272 g/mol. The molecule has 0 bridgehead atoms. The normalized spacial score (nSPS) is 28.7. The summed E-state index contributed by atoms with van der Waals surface area (Å²) < 4.78 is 0. The molecule has 0 radical (unpaired) electrons. The highest BCUT2D eigenvalue weighted by atomic mass is 16.4. The Bertz CT molecular complexity index is 325. The minimum absolute atomic E-state index is 0.118. The van der Waals surface area contributed by atoms with Crippen molar-refractivity contribution in [3.05, 3.63) is 0 Å². The largest absolute Gasteiger partial charge is 0.480 e. The van der Waals surface area contributed by atoms with Crippen LogP contribution in [0.2, 0.25) is 0 Å². The van der Waals surface area contributed by atoms with E-state index in [1.807, 2.05) is 0 Å². The van der Waals surface area contributed by atoms with Gasteiger partial charge in [-0.2, -0.15) is 0 Å². The highest BCUT2D eigenvalue weighted by molar-refractivity contribution is 5.82. The summed E-state index contributed by atoms with van der Waals surface area (Å²) in [4.78, 5) is 21.8. The van der Waals surface area contributed by atoms with Crippen LogP contribution in [0.1, 0.15) is 39.5 Å². The number of carbonyl (C=O) groups excluding carboxylic acids is 1. The number of amides is 1. The summed E-state index contributed by atoms with van der Waals surface area (Å²) in [6.07, 6.45) is 3.45. The van der Waals surface area contributed by atoms with E-state index >= 15 is 0 Å². The maximum Gasteiger partial charge on any atom is 0.327 e. The Morgan fingerprint density at radius 2 is 1.95 bits per heavy atom. The second-order valence-corrected chi connectivity index (χ2v) is 5.63. The van der Waals surface area contributed by atoms with Gasteiger partial charge < -0.3 is 20.8 Å². The lowest BCUT2D eigenvalue weighted by Crippen LogP contribution is -2.50. The van der Waals surface area contributed by atoms with Gasteiger partial charge in [-0.3, -0.25) is 4.79 Å². The molecule has 0 aromatic heterocycles. The van der Waals surface area contributed by atoms with Gasteiger partial charge in [-0.15, -0.1) is 0 Å². The predicted molar refractivity (Wildman–Crippen MR) is 70.7 cm³/mol. The maximum absolute atomic E-state index is 10.9. The second kappa shape index (κ2) is 6.86. The standard InChI is InChI=1S/C13H24N2O4/c1-9-3-5-13(19,6-4-9)8-14-7-11(12(17)18)15-10(2)16/h9,11,14,19H,3-8H2,1-2H3,(H,15,16)(H,17,18). The second-order valence-electron chi connectivity index (χ2n) is 5.63. The molecule has 1 saturated carbocycles. The lowest BCUT2D eigenvalue weighted by molar-refractivity contribution is -0.141. The molecule has 1 fully saturated rings. The third kappa shape index (κ3) is 5.57. The topological polar surface area (TPSA) is 98.7 Å². The van der Waals surface area contributed by atoms with Crippen LogP contribution in [0.15, 0.2) is 0 Å². The monoisotopic (exact) mass is 272 g/mol. The SMILES string of the molecule is CC(=O)NC(CNCC1(O)CCC(C)CC1)C(=O)O. The summed E-state index contributed by atoms with van der Waals surface area (Å²) in [5, 5.41) is 24.6. The average Bonchev–Trinajstić information content (AvgIpc) is 2.31. The van der Waals surface area contributed by atoms with Gasteiger partial charge in [0.05, 0.1) is 5.60 Å². The molecule has 0 aliphatic heterocycles. The Morgan fingerprint density at radius 3 is 2.42 bits per heavy atom. The van der Waals surface area contributed by atoms with Gasteiger partial charge in [0.1, 0.15) is 6.04 Å². The van der Waals surface area contributed by atoms with Crippen LogP contribution in [-0.2, 0) is 9.59 Å². The van der Waals surface area contributed by atoms with Crippen LogP contribution in [0, 0.1) is 5.92 Å². The van der Waals surface area contributed by atoms with Crippen LogP contribution >= 0.6 is 0 Å². The van der Waals surface area contributed by atoms with E-state index in [2.05, 4.69) is 17.6 Å². The zero-order valence-electron chi connectivity index (χ0n) is 11.6. The van der Waals surface area contributed by atoms with Crippen molar-refractivity contribution in [2.45, 2.75) is 51.2 Å². The molecule has 6 heteroatoms. The van der Waals surface area contributed by atoms with Gasteiger partial charge >= 0.3 is 5.97 Å². The number of hydrogen-bond acceptors (Lipinski definition) is 4. The highest BCUT2D eigenvalue weighted by Gasteiger charge is 2.31. The number of carboxylic acid groups (broad SMARTS) is 1. The van der Waals surface area contributed by atoms with Crippen LogP contribution in [0.4, 0.5) is 0 Å². The van der Waals surface area contributed by atoms with Crippen LogP contribution in [0.5, 0.6) is 0 Å². The number of carbonyl (C=O) groups is 2. The van der Waals surface area contributed by atoms with Crippen molar-refractivity contribution in [3.63, 3.8) is 0 Å². The molecule has 0 aromatic carbocycles. The van der Waals surface area contributed by atoms with Crippen LogP contribution in [-0.4, -0.2) is 46.8 Å². The number of hydrogen-bond donors (Lipinski definition) is 4. The molecule has 0 saturated heterocycles. The van der Waals surface area contributed by atoms with Crippen molar-refractivity contribution in [2.24, 2.45) is 5.92 Å². The van der Waals surface area contributed by atoms with E-state index in [1.165, 1.54) is 6.92 Å². The van der Waals surface area contributed by atoms with Gasteiger partial charge in [-0.05, 0) is 31.6 Å². The molecule has 4 N–H and O–H groups in total. The first-order valence-electron chi connectivity index (χ1n) is 6.75. The summed E-state index contributed by atoms with van der Waals surface area (Å²) in [6, 6.07) is -0.955. The van der Waals surface area contributed by atoms with E-state index in [0.29, 0.717) is 12.5 Å². The summed E-state index contributed by atoms with van der Waals surface area (Å²) in [7, 11) is 0. The summed E-state index contributed by atoms with van der Waals surface area (Å²) >= 11 is 0. The molecule has 0 heterocycles. The molecule has 1 rings (SSSR count). The van der Waals surface area contributed by atoms with Crippen molar-refractivity contribution in [1.82, 2.24) is 10.6 Å². The quantitative estimate of drug-likeness (QED) is 0.550. The molecule has 110 valence electrons. The van der Waals surface area contributed by atoms with E-state index in [1.54, 1.807) is 0 Å². The Hall–Kier alpha value is -1.14. The number of aliphatic carboxylic acids is 1. The number of nitrogens with one attached hydrogen (secondary N) is 2. The predicted octanol–water partition coefficient (Wildman–Crippen LogP) is 0.106. The summed E-state index contributed by atoms with van der Waals surface area (Å²) in [6.45, 7) is 3.94. The Balaban J connectivity index is 2.35. The molecule has 1 amide bonds. The minimum Gasteiger partial charge on any atom is -0.480 e. The highest BCUT2D eigenvalue weighted by Crippen LogP contribution is 2.31. The summed E-state index contributed by atoms with van der Waals surface area (Å²) in [5.74, 6) is -0.808. The smallest absolute Gasteiger partial charge is 0.327 e. The Labute approximate surface area is 113 Å². The number of carboxylic acids is 1. The number of rotatable bonds is 6. The molecule has 6 nitrogen and oxygen atoms in total. The van der Waals surface area contributed by atoms with Gasteiger partial charge in [0.15, 0.2) is 0 Å². The van der Waals surface area contributed by atoms with Gasteiger partial charge in [0.2, 0.25) is 5.91 Å². The van der Waals surface area contributed by atoms with Crippen LogP contribution < -0.4 is 10.6 Å². The van der Waals surface area contributed by atoms with E-state index in [4.69, 9.17) is 5.11 Å². The first-order chi connectivity index (χ1) is 8.82. The van der Waals surface area contributed by atoms with Gasteiger partial charge in [0, 0.05) is 20.0 Å². The third-order valence-electron chi connectivity index (χ3n) is 3.68. The van der Waals surface area contributed by atoms with Crippen molar-refractivity contribution >= 4 is 11.9 Å². The Kier molecular flexibility index (Phi) is 5.75. The van der Waals surface area contributed by atoms with Crippen molar-refractivity contribution < 1.29 is 19.8 Å². The van der Waals surface area contributed by atoms with E-state index in [9.17, 15) is 14.7 Å². The lowest BCUT2D eigenvalue weighted by atomic mass is 9.79. The molecule has 1 aliphatic carbocycles. The van der Waals surface area contributed by atoms with Crippen LogP contribution in [0.25, 0.3) is 0 Å². The molecular formula is C13H24N2O4. The lowest BCUT2D eigenvalue weighted by Gasteiger charge is -2.35. The van der Waals surface area contributed by atoms with Crippen molar-refractivity contribution in [1.29, 1.82) is 0 Å². The fourth-order valence-electron chi connectivity index (χ4n) is 2.37. The van der Waals surface area contributed by atoms with E-state index < -0.39 is 17.6 Å². The molecular weight excluding hydrogens is 248 g/mol. The fourth-order valence-corrected chi connectivity index (χ4v) is 2.37. The maximum atomic E-state index is 10.9. The van der Waals surface area contributed by atoms with Gasteiger partial charge in [-0.25, -0.2) is 4.79 Å². The van der Waals surface area contributed by atoms with Gasteiger partial charge in [0.25, 0.3) is 0 Å². The molecule has 1 atom stereocenters. The molecule has 1 unspecified atom stereocenters. The molecule has 0 aromatic rings. The number of aliphatic hydroxyl groups is 1.